The molecule has 0 saturated heterocycles. The molecule has 1 aromatic heterocycles. The Morgan fingerprint density at radius 3 is 2.48 bits per heavy atom. The van der Waals surface area contributed by atoms with Gasteiger partial charge in [-0.25, -0.2) is 9.49 Å². The van der Waals surface area contributed by atoms with E-state index in [0.717, 1.165) is 18.2 Å². The quantitative estimate of drug-likeness (QED) is 0.835. The lowest BCUT2D eigenvalue weighted by molar-refractivity contribution is -0.139. The molecule has 0 saturated carbocycles. The summed E-state index contributed by atoms with van der Waals surface area (Å²) in [4.78, 5) is 22.5. The summed E-state index contributed by atoms with van der Waals surface area (Å²) < 4.78 is 50.7. The molecule has 0 atom stereocenters. The number of hydrogen-bond donors (Lipinski definition) is 2. The second kappa shape index (κ2) is 5.35. The highest BCUT2D eigenvalue weighted by atomic mass is 19.4. The SMILES string of the molecule is O=C(Nc1ccc(F)c(C(F)(F)F)c1)c1ccc(=O)[nH]n1. The average Bonchev–Trinajstić information content (AvgIpc) is 2.40. The largest absolute Gasteiger partial charge is 0.419 e. The molecular formula is C12H7F4N3O2. The van der Waals surface area contributed by atoms with Crippen LogP contribution in [0, 0.1) is 5.82 Å². The second-order valence-electron chi connectivity index (χ2n) is 3.95. The van der Waals surface area contributed by atoms with Gasteiger partial charge in [-0.1, -0.05) is 0 Å². The molecule has 5 nitrogen and oxygen atoms in total. The van der Waals surface area contributed by atoms with Crippen LogP contribution < -0.4 is 10.9 Å². The van der Waals surface area contributed by atoms with E-state index in [0.29, 0.717) is 12.1 Å². The van der Waals surface area contributed by atoms with Crippen molar-refractivity contribution < 1.29 is 22.4 Å². The van der Waals surface area contributed by atoms with Crippen LogP contribution in [0.15, 0.2) is 35.1 Å². The number of nitrogens with zero attached hydrogens (tertiary/aromatic N) is 1. The summed E-state index contributed by atoms with van der Waals surface area (Å²) in [6.07, 6.45) is -4.87. The van der Waals surface area contributed by atoms with E-state index in [1.54, 1.807) is 0 Å². The van der Waals surface area contributed by atoms with Gasteiger partial charge in [0.2, 0.25) is 0 Å². The molecule has 21 heavy (non-hydrogen) atoms. The number of carbonyl (C=O) groups is 1. The van der Waals surface area contributed by atoms with Crippen molar-refractivity contribution in [2.45, 2.75) is 6.18 Å². The maximum Gasteiger partial charge on any atom is 0.419 e. The van der Waals surface area contributed by atoms with Crippen molar-refractivity contribution in [3.63, 3.8) is 0 Å². The lowest BCUT2D eigenvalue weighted by Gasteiger charge is -2.10. The van der Waals surface area contributed by atoms with E-state index >= 15 is 0 Å². The number of anilines is 1. The lowest BCUT2D eigenvalue weighted by atomic mass is 10.1. The van der Waals surface area contributed by atoms with Gasteiger partial charge in [-0.2, -0.15) is 18.3 Å². The number of halogens is 4. The van der Waals surface area contributed by atoms with Gasteiger partial charge in [-0.3, -0.25) is 9.59 Å². The van der Waals surface area contributed by atoms with Crippen molar-refractivity contribution in [3.05, 3.63) is 57.8 Å². The number of amides is 1. The molecule has 2 N–H and O–H groups in total. The topological polar surface area (TPSA) is 74.8 Å². The molecule has 0 spiro atoms. The number of benzene rings is 1. The minimum atomic E-state index is -4.87. The van der Waals surface area contributed by atoms with Crippen molar-refractivity contribution in [1.29, 1.82) is 0 Å². The van der Waals surface area contributed by atoms with Crippen LogP contribution in [0.1, 0.15) is 16.1 Å². The number of nitrogens with one attached hydrogen (secondary N) is 2. The number of rotatable bonds is 2. The van der Waals surface area contributed by atoms with Gasteiger partial charge < -0.3 is 5.32 Å². The number of aromatic amines is 1. The lowest BCUT2D eigenvalue weighted by Crippen LogP contribution is -2.18. The number of carbonyl (C=O) groups excluding carboxylic acids is 1. The van der Waals surface area contributed by atoms with Crippen molar-refractivity contribution in [3.8, 4) is 0 Å². The minimum Gasteiger partial charge on any atom is -0.321 e. The summed E-state index contributed by atoms with van der Waals surface area (Å²) in [6, 6.07) is 4.18. The van der Waals surface area contributed by atoms with E-state index < -0.39 is 29.0 Å². The van der Waals surface area contributed by atoms with E-state index in [9.17, 15) is 27.2 Å². The summed E-state index contributed by atoms with van der Waals surface area (Å²) in [5.74, 6) is -2.28. The normalized spacial score (nSPS) is 11.2. The van der Waals surface area contributed by atoms with Gasteiger partial charge in [-0.05, 0) is 24.3 Å². The standard InChI is InChI=1S/C12H7F4N3O2/c13-8-2-1-6(5-7(8)12(14,15)16)17-11(21)9-3-4-10(20)19-18-9/h1-5H,(H,17,21)(H,19,20). The molecular weight excluding hydrogens is 294 g/mol. The van der Waals surface area contributed by atoms with Crippen LogP contribution in [0.2, 0.25) is 0 Å². The maximum atomic E-state index is 13.1. The summed E-state index contributed by atoms with van der Waals surface area (Å²) in [5, 5.41) is 7.55. The fourth-order valence-corrected chi connectivity index (χ4v) is 1.49. The highest BCUT2D eigenvalue weighted by Gasteiger charge is 2.34. The number of hydrogen-bond acceptors (Lipinski definition) is 3. The highest BCUT2D eigenvalue weighted by Crippen LogP contribution is 2.33. The van der Waals surface area contributed by atoms with Gasteiger partial charge in [0.1, 0.15) is 11.5 Å². The molecule has 1 amide bonds. The Balaban J connectivity index is 2.26. The fourth-order valence-electron chi connectivity index (χ4n) is 1.49. The fraction of sp³-hybridized carbons (Fsp3) is 0.0833. The van der Waals surface area contributed by atoms with Crippen molar-refractivity contribution >= 4 is 11.6 Å². The molecule has 110 valence electrons. The summed E-state index contributed by atoms with van der Waals surface area (Å²) in [6.45, 7) is 0. The summed E-state index contributed by atoms with van der Waals surface area (Å²) >= 11 is 0. The summed E-state index contributed by atoms with van der Waals surface area (Å²) in [5.41, 5.74) is -2.48. The van der Waals surface area contributed by atoms with Gasteiger partial charge >= 0.3 is 6.18 Å². The monoisotopic (exact) mass is 301 g/mol. The molecule has 0 bridgehead atoms. The average molecular weight is 301 g/mol. The molecule has 0 unspecified atom stereocenters. The van der Waals surface area contributed by atoms with E-state index in [2.05, 4.69) is 10.4 Å². The third kappa shape index (κ3) is 3.44. The van der Waals surface area contributed by atoms with Gasteiger partial charge in [0.15, 0.2) is 0 Å². The van der Waals surface area contributed by atoms with E-state index in [1.165, 1.54) is 0 Å². The van der Waals surface area contributed by atoms with Crippen molar-refractivity contribution in [2.75, 3.05) is 5.32 Å². The number of aromatic nitrogens is 2. The molecule has 0 aliphatic heterocycles. The molecule has 0 aliphatic carbocycles. The molecule has 0 radical (unpaired) electrons. The van der Waals surface area contributed by atoms with Crippen LogP contribution in [-0.4, -0.2) is 16.1 Å². The van der Waals surface area contributed by atoms with E-state index in [1.807, 2.05) is 5.10 Å². The second-order valence-corrected chi connectivity index (χ2v) is 3.95. The minimum absolute atomic E-state index is 0.201. The Kier molecular flexibility index (Phi) is 3.74. The Bertz CT molecular complexity index is 720. The molecule has 1 heterocycles. The van der Waals surface area contributed by atoms with E-state index in [-0.39, 0.29) is 11.4 Å². The van der Waals surface area contributed by atoms with Crippen LogP contribution in [-0.2, 0) is 6.18 Å². The molecule has 2 rings (SSSR count). The maximum absolute atomic E-state index is 13.1. The third-order valence-corrected chi connectivity index (χ3v) is 2.44. The van der Waals surface area contributed by atoms with Crippen LogP contribution in [0.25, 0.3) is 0 Å². The number of alkyl halides is 3. The Hall–Kier alpha value is -2.71. The number of H-pyrrole nitrogens is 1. The predicted molar refractivity (Wildman–Crippen MR) is 64.2 cm³/mol. The van der Waals surface area contributed by atoms with Gasteiger partial charge in [0, 0.05) is 11.8 Å². The zero-order valence-corrected chi connectivity index (χ0v) is 10.2. The van der Waals surface area contributed by atoms with Crippen LogP contribution >= 0.6 is 0 Å². The van der Waals surface area contributed by atoms with Crippen LogP contribution in [0.3, 0.4) is 0 Å². The zero-order chi connectivity index (χ0) is 15.6. The van der Waals surface area contributed by atoms with Crippen molar-refractivity contribution in [2.24, 2.45) is 0 Å². The van der Waals surface area contributed by atoms with Gasteiger partial charge in [0.25, 0.3) is 11.5 Å². The smallest absolute Gasteiger partial charge is 0.321 e. The third-order valence-electron chi connectivity index (χ3n) is 2.44. The molecule has 0 aliphatic rings. The van der Waals surface area contributed by atoms with Crippen LogP contribution in [0.4, 0.5) is 23.2 Å². The molecule has 1 aromatic carbocycles. The molecule has 2 aromatic rings. The van der Waals surface area contributed by atoms with Crippen molar-refractivity contribution in [1.82, 2.24) is 10.2 Å². The van der Waals surface area contributed by atoms with Gasteiger partial charge in [0.05, 0.1) is 5.56 Å². The van der Waals surface area contributed by atoms with Crippen LogP contribution in [0.5, 0.6) is 0 Å². The Morgan fingerprint density at radius 2 is 1.90 bits per heavy atom. The molecule has 9 heteroatoms. The first kappa shape index (κ1) is 14.7. The predicted octanol–water partition coefficient (Wildman–Crippen LogP) is 2.18. The van der Waals surface area contributed by atoms with Gasteiger partial charge in [-0.15, -0.1) is 0 Å². The Labute approximate surface area is 114 Å². The zero-order valence-electron chi connectivity index (χ0n) is 10.2. The van der Waals surface area contributed by atoms with E-state index in [4.69, 9.17) is 0 Å². The highest BCUT2D eigenvalue weighted by molar-refractivity contribution is 6.02. The first-order valence-corrected chi connectivity index (χ1v) is 5.51. The first-order chi connectivity index (χ1) is 9.77. The first-order valence-electron chi connectivity index (χ1n) is 5.51. The molecule has 0 fully saturated rings. The summed E-state index contributed by atoms with van der Waals surface area (Å²) in [7, 11) is 0. The Morgan fingerprint density at radius 1 is 1.19 bits per heavy atom.